The Morgan fingerprint density at radius 2 is 1.67 bits per heavy atom. The molecule has 5 heteroatoms. The molecule has 0 aromatic carbocycles. The predicted molar refractivity (Wildman–Crippen MR) is 106 cm³/mol. The molecule has 3 N–H and O–H groups in total. The molecule has 0 radical (unpaired) electrons. The summed E-state index contributed by atoms with van der Waals surface area (Å²) in [5.74, 6) is -3.46. The van der Waals surface area contributed by atoms with Crippen molar-refractivity contribution in [3.8, 4) is 0 Å². The van der Waals surface area contributed by atoms with E-state index in [1.807, 2.05) is 20.8 Å². The standard InChI is InChI=1S/C22H36O5/c1-7-8-9-10-11-16-18(13(2)3)15(6)22(14(4)5,21(26)27)17(12-23)19(16)20(24)25/h13-14,17,23H,7-12H2,1-6H3,(H,24,25)(H,26,27). The van der Waals surface area contributed by atoms with E-state index in [2.05, 4.69) is 6.92 Å². The van der Waals surface area contributed by atoms with E-state index in [-0.39, 0.29) is 17.4 Å². The summed E-state index contributed by atoms with van der Waals surface area (Å²) in [7, 11) is 0. The first-order valence-electron chi connectivity index (χ1n) is 10.1. The molecule has 1 aliphatic rings. The molecule has 0 bridgehead atoms. The van der Waals surface area contributed by atoms with E-state index >= 15 is 0 Å². The van der Waals surface area contributed by atoms with E-state index in [0.29, 0.717) is 12.0 Å². The first-order chi connectivity index (χ1) is 12.6. The Bertz CT molecular complexity index is 627. The van der Waals surface area contributed by atoms with Gasteiger partial charge in [-0.05, 0) is 42.7 Å². The number of aliphatic hydroxyl groups excluding tert-OH is 1. The van der Waals surface area contributed by atoms with Gasteiger partial charge in [-0.25, -0.2) is 4.79 Å². The van der Waals surface area contributed by atoms with E-state index in [1.54, 1.807) is 13.8 Å². The number of allylic oxidation sites excluding steroid dienone is 2. The molecule has 0 saturated carbocycles. The molecule has 2 atom stereocenters. The van der Waals surface area contributed by atoms with Gasteiger partial charge in [0.25, 0.3) is 0 Å². The molecule has 154 valence electrons. The minimum atomic E-state index is -1.41. The Balaban J connectivity index is 3.75. The first-order valence-corrected chi connectivity index (χ1v) is 10.1. The van der Waals surface area contributed by atoms with Crippen molar-refractivity contribution in [3.05, 3.63) is 22.3 Å². The van der Waals surface area contributed by atoms with Gasteiger partial charge in [-0.3, -0.25) is 4.79 Å². The SMILES string of the molecule is CCCCCCC1=C(C(=O)O)C(CO)C(C(=O)O)(C(C)C)C(C)=C1C(C)C. The molecule has 0 fully saturated rings. The Hall–Kier alpha value is -1.62. The molecule has 1 aliphatic carbocycles. The first kappa shape index (κ1) is 23.4. The molecule has 0 amide bonds. The maximum Gasteiger partial charge on any atom is 0.332 e. The maximum atomic E-state index is 12.5. The van der Waals surface area contributed by atoms with Gasteiger partial charge in [0.05, 0.1) is 6.61 Å². The summed E-state index contributed by atoms with van der Waals surface area (Å²) in [4.78, 5) is 24.7. The van der Waals surface area contributed by atoms with Crippen molar-refractivity contribution in [2.75, 3.05) is 6.61 Å². The van der Waals surface area contributed by atoms with E-state index in [0.717, 1.165) is 36.8 Å². The third kappa shape index (κ3) is 4.13. The zero-order valence-corrected chi connectivity index (χ0v) is 17.6. The van der Waals surface area contributed by atoms with Crippen LogP contribution in [0.2, 0.25) is 0 Å². The van der Waals surface area contributed by atoms with Crippen molar-refractivity contribution >= 4 is 11.9 Å². The van der Waals surface area contributed by atoms with Crippen LogP contribution in [0.25, 0.3) is 0 Å². The van der Waals surface area contributed by atoms with Crippen LogP contribution in [0.15, 0.2) is 22.3 Å². The fourth-order valence-corrected chi connectivity index (χ4v) is 4.98. The van der Waals surface area contributed by atoms with Crippen LogP contribution in [0.4, 0.5) is 0 Å². The second kappa shape index (κ2) is 9.54. The number of hydrogen-bond acceptors (Lipinski definition) is 3. The number of aliphatic hydroxyl groups is 1. The largest absolute Gasteiger partial charge is 0.481 e. The summed E-state index contributed by atoms with van der Waals surface area (Å²) in [5.41, 5.74) is 0.982. The van der Waals surface area contributed by atoms with Crippen LogP contribution >= 0.6 is 0 Å². The normalized spacial score (nSPS) is 23.5. The summed E-state index contributed by atoms with van der Waals surface area (Å²) < 4.78 is 0. The van der Waals surface area contributed by atoms with Crippen molar-refractivity contribution in [2.24, 2.45) is 23.2 Å². The lowest BCUT2D eigenvalue weighted by Crippen LogP contribution is -2.50. The van der Waals surface area contributed by atoms with Crippen LogP contribution in [-0.4, -0.2) is 33.9 Å². The predicted octanol–water partition coefficient (Wildman–Crippen LogP) is 4.66. The monoisotopic (exact) mass is 380 g/mol. The van der Waals surface area contributed by atoms with E-state index in [9.17, 15) is 24.9 Å². The fourth-order valence-electron chi connectivity index (χ4n) is 4.98. The average Bonchev–Trinajstić information content (AvgIpc) is 2.56. The van der Waals surface area contributed by atoms with E-state index in [4.69, 9.17) is 0 Å². The maximum absolute atomic E-state index is 12.5. The Morgan fingerprint density at radius 3 is 2.04 bits per heavy atom. The number of unbranched alkanes of at least 4 members (excludes halogenated alkanes) is 3. The van der Waals surface area contributed by atoms with E-state index < -0.39 is 29.9 Å². The van der Waals surface area contributed by atoms with Gasteiger partial charge in [0.15, 0.2) is 0 Å². The third-order valence-electron chi connectivity index (χ3n) is 6.11. The molecule has 0 saturated heterocycles. The highest BCUT2D eigenvalue weighted by Gasteiger charge is 2.56. The lowest BCUT2D eigenvalue weighted by molar-refractivity contribution is -0.154. The second-order valence-electron chi connectivity index (χ2n) is 8.27. The van der Waals surface area contributed by atoms with Gasteiger partial charge in [0.1, 0.15) is 5.41 Å². The number of aliphatic carboxylic acids is 2. The highest BCUT2D eigenvalue weighted by atomic mass is 16.4. The van der Waals surface area contributed by atoms with Gasteiger partial charge in [-0.1, -0.05) is 59.5 Å². The summed E-state index contributed by atoms with van der Waals surface area (Å²) in [6.07, 6.45) is 4.66. The quantitative estimate of drug-likeness (QED) is 0.479. The van der Waals surface area contributed by atoms with Crippen molar-refractivity contribution in [3.63, 3.8) is 0 Å². The highest BCUT2D eigenvalue weighted by molar-refractivity contribution is 5.94. The number of rotatable bonds is 10. The molecular formula is C22H36O5. The summed E-state index contributed by atoms with van der Waals surface area (Å²) in [6.45, 7) is 11.0. The van der Waals surface area contributed by atoms with E-state index in [1.165, 1.54) is 0 Å². The van der Waals surface area contributed by atoms with Gasteiger partial charge in [-0.15, -0.1) is 0 Å². The van der Waals surface area contributed by atoms with Crippen LogP contribution in [0.3, 0.4) is 0 Å². The molecule has 0 heterocycles. The van der Waals surface area contributed by atoms with Crippen LogP contribution in [0, 0.1) is 23.2 Å². The molecule has 0 aromatic heterocycles. The molecule has 1 rings (SSSR count). The molecule has 2 unspecified atom stereocenters. The minimum Gasteiger partial charge on any atom is -0.481 e. The van der Waals surface area contributed by atoms with Crippen LogP contribution in [-0.2, 0) is 9.59 Å². The van der Waals surface area contributed by atoms with Crippen LogP contribution in [0.1, 0.15) is 73.6 Å². The molecule has 0 spiro atoms. The highest BCUT2D eigenvalue weighted by Crippen LogP contribution is 2.54. The van der Waals surface area contributed by atoms with Gasteiger partial charge in [0.2, 0.25) is 0 Å². The van der Waals surface area contributed by atoms with Gasteiger partial charge in [-0.2, -0.15) is 0 Å². The van der Waals surface area contributed by atoms with Gasteiger partial charge in [0, 0.05) is 11.5 Å². The minimum absolute atomic E-state index is 0.0117. The summed E-state index contributed by atoms with van der Waals surface area (Å²) in [5, 5.41) is 30.3. The Morgan fingerprint density at radius 1 is 1.07 bits per heavy atom. The van der Waals surface area contributed by atoms with Crippen molar-refractivity contribution in [2.45, 2.75) is 73.6 Å². The van der Waals surface area contributed by atoms with Crippen LogP contribution in [0.5, 0.6) is 0 Å². The Labute approximate surface area is 163 Å². The topological polar surface area (TPSA) is 94.8 Å². The number of hydrogen-bond donors (Lipinski definition) is 3. The molecule has 27 heavy (non-hydrogen) atoms. The van der Waals surface area contributed by atoms with Gasteiger partial charge < -0.3 is 15.3 Å². The fraction of sp³-hybridized carbons (Fsp3) is 0.727. The van der Waals surface area contributed by atoms with Crippen molar-refractivity contribution in [1.29, 1.82) is 0 Å². The number of carboxylic acid groups (broad SMARTS) is 2. The molecular weight excluding hydrogens is 344 g/mol. The van der Waals surface area contributed by atoms with Crippen molar-refractivity contribution in [1.82, 2.24) is 0 Å². The lowest BCUT2D eigenvalue weighted by Gasteiger charge is -2.47. The zero-order valence-electron chi connectivity index (χ0n) is 17.6. The second-order valence-corrected chi connectivity index (χ2v) is 8.27. The average molecular weight is 381 g/mol. The zero-order chi connectivity index (χ0) is 20.9. The third-order valence-corrected chi connectivity index (χ3v) is 6.11. The summed E-state index contributed by atoms with van der Waals surface area (Å²) in [6, 6.07) is 0. The van der Waals surface area contributed by atoms with Crippen molar-refractivity contribution < 1.29 is 24.9 Å². The summed E-state index contributed by atoms with van der Waals surface area (Å²) >= 11 is 0. The number of carboxylic acids is 2. The number of carbonyl (C=O) groups is 2. The molecule has 0 aromatic rings. The lowest BCUT2D eigenvalue weighted by atomic mass is 9.55. The van der Waals surface area contributed by atoms with Crippen LogP contribution < -0.4 is 0 Å². The van der Waals surface area contributed by atoms with Gasteiger partial charge >= 0.3 is 11.9 Å². The smallest absolute Gasteiger partial charge is 0.332 e. The molecule has 0 aliphatic heterocycles. The molecule has 5 nitrogen and oxygen atoms in total. The Kier molecular flexibility index (Phi) is 8.27.